The van der Waals surface area contributed by atoms with Crippen LogP contribution in [0.25, 0.3) is 0 Å². The van der Waals surface area contributed by atoms with Gasteiger partial charge in [0.05, 0.1) is 12.6 Å². The van der Waals surface area contributed by atoms with Crippen molar-refractivity contribution in [1.29, 1.82) is 0 Å². The quantitative estimate of drug-likeness (QED) is 0.0116. The van der Waals surface area contributed by atoms with E-state index in [0.717, 1.165) is 0 Å². The van der Waals surface area contributed by atoms with Gasteiger partial charge in [-0.1, -0.05) is 0 Å². The average Bonchev–Trinajstić information content (AvgIpc) is 3.62. The lowest BCUT2D eigenvalue weighted by atomic mass is 10.1. The van der Waals surface area contributed by atoms with E-state index in [1.54, 1.807) is 0 Å². The van der Waals surface area contributed by atoms with E-state index in [2.05, 4.69) is 72.9 Å². The van der Waals surface area contributed by atoms with Gasteiger partial charge in [0.2, 0.25) is 53.2 Å². The topological polar surface area (TPSA) is 702 Å². The van der Waals surface area contributed by atoms with Crippen LogP contribution in [0.5, 0.6) is 0 Å². The standard InChI is InChI=1S/C51H102N28O11/c1-28(70-41(85)31(71-30(3)81)14-8-21-65-47(55)56)40(84)73-33(15-9-22-66-48(57)58)43(87)74-34(16-10-23-67-49(59)60)44(88)76-36(18-12-25-69-51(63)64)46(90)78-79(26-7-6-20-53)27-37(82)72-32(13-4-5-19-52)42(86)75-35(17-11-24-68-50(61)62)45(89)77-38(29(2)80)39(54)83/h28-29,31-36,38,80H,4-27,52-53H2,1-3H3,(H2,54,83)(H,70,85)(H,71,81)(H,72,82)(H,73,84)(H,74,87)(H,75,86)(H,76,88)(H,77,89)(H,78,90)(H4,55,56,65)(H4,57,58,66)(H4,59,60,67)(H4,61,62,68)(H4,63,64,69)/t28-,29+,31-,32-,33-,34-,35-,36-,38-/m0/s1. The molecule has 36 N–H and O–H groups in total. The summed E-state index contributed by atoms with van der Waals surface area (Å²) in [5.41, 5.74) is 74.6. The highest BCUT2D eigenvalue weighted by molar-refractivity contribution is 5.97. The van der Waals surface area contributed by atoms with Crippen LogP contribution < -0.4 is 122 Å². The molecular formula is C51H102N28O11. The van der Waals surface area contributed by atoms with Gasteiger partial charge in [-0.25, -0.2) is 5.01 Å². The van der Waals surface area contributed by atoms with Gasteiger partial charge in [-0.3, -0.25) is 78.3 Å². The highest BCUT2D eigenvalue weighted by Gasteiger charge is 2.34. The lowest BCUT2D eigenvalue weighted by Gasteiger charge is -2.29. The molecule has 0 spiro atoms. The molecule has 0 fully saturated rings. The third kappa shape index (κ3) is 38.2. The molecule has 0 aromatic rings. The van der Waals surface area contributed by atoms with Gasteiger partial charge in [0, 0.05) is 46.2 Å². The molecule has 512 valence electrons. The predicted octanol–water partition coefficient (Wildman–Crippen LogP) is -10.8. The molecule has 0 aliphatic carbocycles. The monoisotopic (exact) mass is 1280 g/mol. The van der Waals surface area contributed by atoms with Crippen LogP contribution in [0.2, 0.25) is 0 Å². The third-order valence-corrected chi connectivity index (χ3v) is 12.9. The first-order chi connectivity index (χ1) is 42.4. The largest absolute Gasteiger partial charge is 0.391 e. The number of aliphatic hydroxyl groups excluding tert-OH is 1. The number of unbranched alkanes of at least 4 members (excludes halogenated alkanes) is 2. The fourth-order valence-electron chi connectivity index (χ4n) is 8.31. The molecule has 39 heteroatoms. The minimum atomic E-state index is -1.52. The molecule has 0 rings (SSSR count). The summed E-state index contributed by atoms with van der Waals surface area (Å²) in [5.74, 6) is -9.45. The maximum absolute atomic E-state index is 14.5. The number of amides is 10. The summed E-state index contributed by atoms with van der Waals surface area (Å²) in [7, 11) is 0. The first-order valence-electron chi connectivity index (χ1n) is 29.5. The van der Waals surface area contributed by atoms with Gasteiger partial charge >= 0.3 is 0 Å². The molecule has 0 aromatic carbocycles. The zero-order chi connectivity index (χ0) is 68.3. The molecule has 10 amide bonds. The Labute approximate surface area is 523 Å². The fraction of sp³-hybridized carbons (Fsp3) is 0.706. The molecule has 0 aromatic heterocycles. The molecule has 9 atom stereocenters. The number of nitrogens with zero attached hydrogens (tertiary/aromatic N) is 6. The first-order valence-corrected chi connectivity index (χ1v) is 29.5. The van der Waals surface area contributed by atoms with Crippen LogP contribution >= 0.6 is 0 Å². The van der Waals surface area contributed by atoms with Crippen molar-refractivity contribution in [1.82, 2.24) is 53.0 Å². The summed E-state index contributed by atoms with van der Waals surface area (Å²) in [6.07, 6.45) is 0.528. The number of nitrogens with one attached hydrogen (secondary N) is 9. The van der Waals surface area contributed by atoms with Gasteiger partial charge in [0.1, 0.15) is 48.3 Å². The Bertz CT molecular complexity index is 2430. The summed E-state index contributed by atoms with van der Waals surface area (Å²) >= 11 is 0. The summed E-state index contributed by atoms with van der Waals surface area (Å²) < 4.78 is 0. The number of carbonyl (C=O) groups excluding carboxylic acids is 10. The molecule has 90 heavy (non-hydrogen) atoms. The van der Waals surface area contributed by atoms with Crippen molar-refractivity contribution in [2.75, 3.05) is 58.9 Å². The van der Waals surface area contributed by atoms with Crippen molar-refractivity contribution in [2.45, 2.75) is 172 Å². The second-order valence-electron chi connectivity index (χ2n) is 20.9. The van der Waals surface area contributed by atoms with E-state index in [4.69, 9.17) is 74.5 Å². The van der Waals surface area contributed by atoms with E-state index in [9.17, 15) is 53.1 Å². The number of aliphatic hydroxyl groups is 1. The molecule has 0 bridgehead atoms. The van der Waals surface area contributed by atoms with Gasteiger partial charge in [-0.2, -0.15) is 0 Å². The van der Waals surface area contributed by atoms with E-state index in [1.165, 1.54) is 25.8 Å². The number of rotatable bonds is 48. The Morgan fingerprint density at radius 1 is 0.389 bits per heavy atom. The van der Waals surface area contributed by atoms with Crippen molar-refractivity contribution in [2.24, 2.45) is 99.5 Å². The van der Waals surface area contributed by atoms with Crippen LogP contribution in [0.4, 0.5) is 0 Å². The molecule has 0 radical (unpaired) electrons. The molecule has 0 heterocycles. The fourth-order valence-corrected chi connectivity index (χ4v) is 8.31. The Hall–Kier alpha value is -9.11. The summed E-state index contributed by atoms with van der Waals surface area (Å²) in [6, 6.07) is -10.8. The minimum absolute atomic E-state index is 0.00458. The SMILES string of the molecule is CC(=O)N[C@@H](CCCN=C(N)N)C(=O)N[C@@H](C)C(=O)N[C@@H](CCCN=C(N)N)C(=O)N[C@@H](CCCN=C(N)N)C(=O)N[C@@H](CCCN=C(N)N)C(=O)NN(CCCCN)CC(=O)N[C@@H](CCCCN)C(=O)N[C@@H](CCCN=C(N)N)C(=O)N[C@H](C(N)=O)[C@@H](C)O. The van der Waals surface area contributed by atoms with Crippen LogP contribution in [0.1, 0.15) is 117 Å². The first kappa shape index (κ1) is 80.9. The number of guanidine groups is 5. The Kier molecular flexibility index (Phi) is 41.4. The molecule has 0 aliphatic rings. The lowest BCUT2D eigenvalue weighted by molar-refractivity contribution is -0.137. The molecule has 0 saturated heterocycles. The summed E-state index contributed by atoms with van der Waals surface area (Å²) in [5, 5.41) is 31.9. The summed E-state index contributed by atoms with van der Waals surface area (Å²) in [4.78, 5) is 156. The van der Waals surface area contributed by atoms with Crippen molar-refractivity contribution in [3.63, 3.8) is 0 Å². The Morgan fingerprint density at radius 3 is 1.04 bits per heavy atom. The number of nitrogens with two attached hydrogens (primary N) is 13. The number of hydrogen-bond donors (Lipinski definition) is 23. The van der Waals surface area contributed by atoms with E-state index in [-0.39, 0.29) is 153 Å². The highest BCUT2D eigenvalue weighted by Crippen LogP contribution is 2.10. The van der Waals surface area contributed by atoms with Gasteiger partial charge in [-0.05, 0) is 123 Å². The van der Waals surface area contributed by atoms with Crippen molar-refractivity contribution >= 4 is 88.9 Å². The smallest absolute Gasteiger partial charge is 0.256 e. The third-order valence-electron chi connectivity index (χ3n) is 12.9. The average molecular weight is 1280 g/mol. The minimum Gasteiger partial charge on any atom is -0.391 e. The van der Waals surface area contributed by atoms with Crippen LogP contribution in [0, 0.1) is 0 Å². The molecular weight excluding hydrogens is 1180 g/mol. The van der Waals surface area contributed by atoms with Crippen molar-refractivity contribution in [3.8, 4) is 0 Å². The Morgan fingerprint density at radius 2 is 0.700 bits per heavy atom. The second kappa shape index (κ2) is 46.1. The van der Waals surface area contributed by atoms with E-state index in [0.29, 0.717) is 25.7 Å². The second-order valence-corrected chi connectivity index (χ2v) is 20.9. The van der Waals surface area contributed by atoms with E-state index in [1.807, 2.05) is 0 Å². The van der Waals surface area contributed by atoms with Gasteiger partial charge in [-0.15, -0.1) is 0 Å². The lowest BCUT2D eigenvalue weighted by Crippen LogP contribution is -2.60. The van der Waals surface area contributed by atoms with Crippen LogP contribution in [-0.2, 0) is 47.9 Å². The number of aliphatic imine (C=N–C) groups is 5. The molecule has 0 aliphatic heterocycles. The molecule has 39 nitrogen and oxygen atoms in total. The van der Waals surface area contributed by atoms with Gasteiger partial charge in [0.15, 0.2) is 29.8 Å². The number of primary amides is 1. The number of hydrazine groups is 1. The van der Waals surface area contributed by atoms with E-state index < -0.39 is 120 Å². The normalized spacial score (nSPS) is 13.8. The maximum atomic E-state index is 14.5. The number of hydrogen-bond acceptors (Lipinski definition) is 19. The predicted molar refractivity (Wildman–Crippen MR) is 338 cm³/mol. The summed E-state index contributed by atoms with van der Waals surface area (Å²) in [6.45, 7) is 3.86. The molecule has 0 unspecified atom stereocenters. The number of carbonyl (C=O) groups is 10. The maximum Gasteiger partial charge on any atom is 0.256 e. The van der Waals surface area contributed by atoms with E-state index >= 15 is 0 Å². The zero-order valence-electron chi connectivity index (χ0n) is 51.9. The Balaban J connectivity index is 7.16. The van der Waals surface area contributed by atoms with Crippen LogP contribution in [-0.4, -0.2) is 212 Å². The van der Waals surface area contributed by atoms with Crippen molar-refractivity contribution in [3.05, 3.63) is 0 Å². The van der Waals surface area contributed by atoms with Gasteiger partial charge in [0.25, 0.3) is 5.91 Å². The van der Waals surface area contributed by atoms with Crippen LogP contribution in [0.15, 0.2) is 25.0 Å². The van der Waals surface area contributed by atoms with Gasteiger partial charge < -0.3 is 122 Å². The van der Waals surface area contributed by atoms with Crippen molar-refractivity contribution < 1.29 is 53.1 Å². The highest BCUT2D eigenvalue weighted by atomic mass is 16.3. The van der Waals surface area contributed by atoms with Crippen LogP contribution in [0.3, 0.4) is 0 Å². The zero-order valence-corrected chi connectivity index (χ0v) is 51.9. The molecule has 0 saturated carbocycles.